The van der Waals surface area contributed by atoms with Crippen molar-refractivity contribution >= 4 is 40.6 Å². The average molecular weight is 231 g/mol. The molecule has 0 atom stereocenters. The smallest absolute Gasteiger partial charge is 0.230 e. The zero-order valence-electron chi connectivity index (χ0n) is 6.77. The maximum Gasteiger partial charge on any atom is 0.230 e. The highest BCUT2D eigenvalue weighted by Crippen LogP contribution is 2.31. The van der Waals surface area contributed by atoms with Gasteiger partial charge in [-0.05, 0) is 0 Å². The summed E-state index contributed by atoms with van der Waals surface area (Å²) in [5.41, 5.74) is 5.28. The number of rotatable bonds is 2. The van der Waals surface area contributed by atoms with Crippen molar-refractivity contribution < 1.29 is 4.79 Å². The molecule has 2 N–H and O–H groups in total. The molecule has 0 aromatic rings. The van der Waals surface area contributed by atoms with Gasteiger partial charge in [0.05, 0.1) is 5.70 Å². The number of carbonyl (C=O) groups excluding carboxylic acids is 1. The molecule has 5 heteroatoms. The number of ketones is 1. The van der Waals surface area contributed by atoms with E-state index >= 15 is 0 Å². The third-order valence-corrected chi connectivity index (χ3v) is 1.85. The van der Waals surface area contributed by atoms with Gasteiger partial charge in [-0.2, -0.15) is 0 Å². The third kappa shape index (κ3) is 4.19. The number of allylic oxidation sites excluding steroid dienone is 2. The first-order valence-corrected chi connectivity index (χ1v) is 4.46. The summed E-state index contributed by atoms with van der Waals surface area (Å²) in [6, 6.07) is 0. The van der Waals surface area contributed by atoms with E-state index in [1.165, 1.54) is 0 Å². The van der Waals surface area contributed by atoms with Crippen LogP contribution in [0.1, 0.15) is 13.8 Å². The molecule has 0 amide bonds. The lowest BCUT2D eigenvalue weighted by Gasteiger charge is -2.10. The largest absolute Gasteiger partial charge is 0.398 e. The third-order valence-electron chi connectivity index (χ3n) is 1.19. The van der Waals surface area contributed by atoms with E-state index in [4.69, 9.17) is 40.5 Å². The zero-order chi connectivity index (χ0) is 9.94. The van der Waals surface area contributed by atoms with E-state index < -0.39 is 3.79 Å². The van der Waals surface area contributed by atoms with Crippen LogP contribution in [-0.4, -0.2) is 9.58 Å². The summed E-state index contributed by atoms with van der Waals surface area (Å²) in [5, 5.41) is 0. The molecule has 0 aliphatic rings. The van der Waals surface area contributed by atoms with Gasteiger partial charge in [-0.3, -0.25) is 4.79 Å². The van der Waals surface area contributed by atoms with Crippen molar-refractivity contribution in [1.82, 2.24) is 0 Å². The fraction of sp³-hybridized carbons (Fsp3) is 0.571. The molecule has 12 heavy (non-hydrogen) atoms. The number of carbonyl (C=O) groups is 1. The lowest BCUT2D eigenvalue weighted by atomic mass is 10.1. The van der Waals surface area contributed by atoms with Gasteiger partial charge < -0.3 is 5.73 Å². The van der Waals surface area contributed by atoms with Crippen molar-refractivity contribution in [2.24, 2.45) is 11.7 Å². The minimum atomic E-state index is -1.69. The number of halogens is 3. The molecule has 0 aliphatic heterocycles. The molecule has 0 rings (SSSR count). The quantitative estimate of drug-likeness (QED) is 0.585. The lowest BCUT2D eigenvalue weighted by Crippen LogP contribution is -2.18. The Kier molecular flexibility index (Phi) is 4.38. The summed E-state index contributed by atoms with van der Waals surface area (Å²) in [5.74, 6) is -0.297. The second-order valence-electron chi connectivity index (χ2n) is 2.65. The lowest BCUT2D eigenvalue weighted by molar-refractivity contribution is -0.117. The summed E-state index contributed by atoms with van der Waals surface area (Å²) in [4.78, 5) is 11.1. The molecule has 0 fully saturated rings. The Hall–Kier alpha value is 0.0800. The Balaban J connectivity index is 4.48. The highest BCUT2D eigenvalue weighted by atomic mass is 35.6. The summed E-state index contributed by atoms with van der Waals surface area (Å²) in [7, 11) is 0. The van der Waals surface area contributed by atoms with Crippen LogP contribution in [0.5, 0.6) is 0 Å². The van der Waals surface area contributed by atoms with E-state index in [9.17, 15) is 4.79 Å². The second-order valence-corrected chi connectivity index (χ2v) is 4.94. The molecule has 2 nitrogen and oxygen atoms in total. The molecule has 0 aromatic carbocycles. The first-order chi connectivity index (χ1) is 5.25. The highest BCUT2D eigenvalue weighted by Gasteiger charge is 2.24. The van der Waals surface area contributed by atoms with Gasteiger partial charge in [0.2, 0.25) is 3.79 Å². The fourth-order valence-corrected chi connectivity index (χ4v) is 0.565. The first-order valence-electron chi connectivity index (χ1n) is 3.33. The van der Waals surface area contributed by atoms with Gasteiger partial charge in [-0.1, -0.05) is 48.7 Å². The van der Waals surface area contributed by atoms with E-state index in [-0.39, 0.29) is 17.4 Å². The summed E-state index contributed by atoms with van der Waals surface area (Å²) in [6.07, 6.45) is 1.15. The Morgan fingerprint density at radius 3 is 2.08 bits per heavy atom. The molecular weight excluding hydrogens is 220 g/mol. The fourth-order valence-electron chi connectivity index (χ4n) is 0.402. The topological polar surface area (TPSA) is 43.1 Å². The molecule has 0 aliphatic carbocycles. The van der Waals surface area contributed by atoms with E-state index in [0.29, 0.717) is 0 Å². The van der Waals surface area contributed by atoms with Gasteiger partial charge in [-0.15, -0.1) is 0 Å². The minimum Gasteiger partial charge on any atom is -0.398 e. The van der Waals surface area contributed by atoms with Crippen molar-refractivity contribution in [3.8, 4) is 0 Å². The molecule has 0 saturated carbocycles. The van der Waals surface area contributed by atoms with Crippen molar-refractivity contribution in [3.63, 3.8) is 0 Å². The van der Waals surface area contributed by atoms with E-state index in [2.05, 4.69) is 0 Å². The van der Waals surface area contributed by atoms with Crippen LogP contribution in [0.15, 0.2) is 11.8 Å². The molecule has 0 unspecified atom stereocenters. The first kappa shape index (κ1) is 12.1. The number of hydrogen-bond donors (Lipinski definition) is 1. The molecule has 0 bridgehead atoms. The van der Waals surface area contributed by atoms with Crippen LogP contribution in [0, 0.1) is 5.92 Å². The van der Waals surface area contributed by atoms with Crippen molar-refractivity contribution in [2.45, 2.75) is 17.6 Å². The summed E-state index contributed by atoms with van der Waals surface area (Å²) in [6.45, 7) is 3.48. The Morgan fingerprint density at radius 2 is 1.83 bits per heavy atom. The summed E-state index contributed by atoms with van der Waals surface area (Å²) < 4.78 is -1.69. The SMILES string of the molecule is CC(C)C(=O)/C=C(\N)C(Cl)(Cl)Cl. The maximum absolute atomic E-state index is 11.1. The zero-order valence-corrected chi connectivity index (χ0v) is 9.04. The van der Waals surface area contributed by atoms with E-state index in [0.717, 1.165) is 6.08 Å². The van der Waals surface area contributed by atoms with Gasteiger partial charge in [0.1, 0.15) is 0 Å². The van der Waals surface area contributed by atoms with Gasteiger partial charge >= 0.3 is 0 Å². The second kappa shape index (κ2) is 4.35. The van der Waals surface area contributed by atoms with Crippen LogP contribution in [0.25, 0.3) is 0 Å². The molecule has 0 spiro atoms. The molecule has 0 radical (unpaired) electrons. The van der Waals surface area contributed by atoms with Crippen LogP contribution in [0.3, 0.4) is 0 Å². The van der Waals surface area contributed by atoms with Crippen LogP contribution in [0.2, 0.25) is 0 Å². The Morgan fingerprint density at radius 1 is 1.42 bits per heavy atom. The van der Waals surface area contributed by atoms with Crippen LogP contribution >= 0.6 is 34.8 Å². The van der Waals surface area contributed by atoms with E-state index in [1.807, 2.05) is 0 Å². The highest BCUT2D eigenvalue weighted by molar-refractivity contribution is 6.69. The van der Waals surface area contributed by atoms with Gasteiger partial charge in [-0.25, -0.2) is 0 Å². The van der Waals surface area contributed by atoms with Crippen LogP contribution in [0.4, 0.5) is 0 Å². The number of alkyl halides is 3. The average Bonchev–Trinajstić information content (AvgIpc) is 1.85. The summed E-state index contributed by atoms with van der Waals surface area (Å²) >= 11 is 16.3. The minimum absolute atomic E-state index is 0.0498. The predicted molar refractivity (Wildman–Crippen MR) is 52.4 cm³/mol. The Labute approximate surface area is 86.7 Å². The van der Waals surface area contributed by atoms with Crippen molar-refractivity contribution in [3.05, 3.63) is 11.8 Å². The van der Waals surface area contributed by atoms with Gasteiger partial charge in [0, 0.05) is 12.0 Å². The van der Waals surface area contributed by atoms with E-state index in [1.54, 1.807) is 13.8 Å². The standard InChI is InChI=1S/C7H10Cl3NO/c1-4(2)5(12)3-6(11)7(8,9)10/h3-4H,11H2,1-2H3/b6-3-. The number of hydrogen-bond acceptors (Lipinski definition) is 2. The molecular formula is C7H10Cl3NO. The normalized spacial score (nSPS) is 13.7. The van der Waals surface area contributed by atoms with Crippen molar-refractivity contribution in [1.29, 1.82) is 0 Å². The van der Waals surface area contributed by atoms with Crippen molar-refractivity contribution in [2.75, 3.05) is 0 Å². The van der Waals surface area contributed by atoms with Gasteiger partial charge in [0.15, 0.2) is 5.78 Å². The monoisotopic (exact) mass is 229 g/mol. The van der Waals surface area contributed by atoms with Crippen LogP contribution in [-0.2, 0) is 4.79 Å². The van der Waals surface area contributed by atoms with Crippen LogP contribution < -0.4 is 5.73 Å². The molecule has 0 heterocycles. The molecule has 0 saturated heterocycles. The Bertz CT molecular complexity index is 205. The number of nitrogens with two attached hydrogens (primary N) is 1. The predicted octanol–water partition coefficient (Wildman–Crippen LogP) is 2.42. The molecule has 0 aromatic heterocycles. The maximum atomic E-state index is 11.1. The molecule has 70 valence electrons. The van der Waals surface area contributed by atoms with Gasteiger partial charge in [0.25, 0.3) is 0 Å².